The molecule has 0 saturated heterocycles. The van der Waals surface area contributed by atoms with Crippen LogP contribution in [0.5, 0.6) is 0 Å². The lowest BCUT2D eigenvalue weighted by Crippen LogP contribution is -2.24. The van der Waals surface area contributed by atoms with Crippen LogP contribution in [0, 0.1) is 5.92 Å². The molecule has 1 aromatic heterocycles. The third-order valence-corrected chi connectivity index (χ3v) is 3.90. The summed E-state index contributed by atoms with van der Waals surface area (Å²) in [6.07, 6.45) is 6.22. The van der Waals surface area contributed by atoms with Crippen LogP contribution in [0.25, 0.3) is 0 Å². The SMILES string of the molecule is CC1CCCC(Nc2ccc(C(=O)N(C)C)nn2)CC1. The van der Waals surface area contributed by atoms with Crippen molar-refractivity contribution in [3.05, 3.63) is 17.8 Å². The van der Waals surface area contributed by atoms with E-state index >= 15 is 0 Å². The minimum Gasteiger partial charge on any atom is -0.366 e. The molecule has 0 radical (unpaired) electrons. The highest BCUT2D eigenvalue weighted by molar-refractivity contribution is 5.91. The highest BCUT2D eigenvalue weighted by atomic mass is 16.2. The molecule has 1 amide bonds. The topological polar surface area (TPSA) is 58.1 Å². The lowest BCUT2D eigenvalue weighted by Gasteiger charge is -2.17. The Hall–Kier alpha value is -1.65. The van der Waals surface area contributed by atoms with Gasteiger partial charge in [-0.15, -0.1) is 10.2 Å². The molecule has 0 aromatic carbocycles. The van der Waals surface area contributed by atoms with E-state index in [4.69, 9.17) is 0 Å². The van der Waals surface area contributed by atoms with Gasteiger partial charge in [0.05, 0.1) is 0 Å². The third kappa shape index (κ3) is 3.92. The zero-order chi connectivity index (χ0) is 14.5. The molecule has 1 saturated carbocycles. The van der Waals surface area contributed by atoms with E-state index in [9.17, 15) is 4.79 Å². The lowest BCUT2D eigenvalue weighted by molar-refractivity contribution is 0.0821. The summed E-state index contributed by atoms with van der Waals surface area (Å²) in [4.78, 5) is 13.2. The Bertz CT molecular complexity index is 444. The van der Waals surface area contributed by atoms with Gasteiger partial charge in [0.2, 0.25) is 0 Å². The van der Waals surface area contributed by atoms with Crippen LogP contribution in [0.15, 0.2) is 12.1 Å². The van der Waals surface area contributed by atoms with Crippen molar-refractivity contribution in [1.29, 1.82) is 0 Å². The fraction of sp³-hybridized carbons (Fsp3) is 0.667. The second kappa shape index (κ2) is 6.68. The Kier molecular flexibility index (Phi) is 4.93. The van der Waals surface area contributed by atoms with Gasteiger partial charge in [0.15, 0.2) is 5.69 Å². The highest BCUT2D eigenvalue weighted by Gasteiger charge is 2.17. The van der Waals surface area contributed by atoms with Gasteiger partial charge in [-0.05, 0) is 37.3 Å². The van der Waals surface area contributed by atoms with Crippen molar-refractivity contribution in [1.82, 2.24) is 15.1 Å². The second-order valence-corrected chi connectivity index (χ2v) is 5.96. The van der Waals surface area contributed by atoms with E-state index in [1.54, 1.807) is 20.2 Å². The Labute approximate surface area is 120 Å². The van der Waals surface area contributed by atoms with Crippen LogP contribution in [0.1, 0.15) is 49.5 Å². The van der Waals surface area contributed by atoms with Gasteiger partial charge in [0, 0.05) is 20.1 Å². The molecule has 1 aliphatic carbocycles. The number of aromatic nitrogens is 2. The monoisotopic (exact) mass is 276 g/mol. The summed E-state index contributed by atoms with van der Waals surface area (Å²) >= 11 is 0. The van der Waals surface area contributed by atoms with Crippen LogP contribution in [-0.4, -0.2) is 41.1 Å². The molecule has 20 heavy (non-hydrogen) atoms. The van der Waals surface area contributed by atoms with Crippen LogP contribution < -0.4 is 5.32 Å². The number of nitrogens with zero attached hydrogens (tertiary/aromatic N) is 3. The van der Waals surface area contributed by atoms with Gasteiger partial charge in [-0.3, -0.25) is 4.79 Å². The standard InChI is InChI=1S/C15H24N4O/c1-11-5-4-6-12(8-7-11)16-14-10-9-13(17-18-14)15(20)19(2)3/h9-12H,4-8H2,1-3H3,(H,16,18). The van der Waals surface area contributed by atoms with Gasteiger partial charge in [0.25, 0.3) is 5.91 Å². The predicted molar refractivity (Wildman–Crippen MR) is 79.7 cm³/mol. The highest BCUT2D eigenvalue weighted by Crippen LogP contribution is 2.24. The van der Waals surface area contributed by atoms with Gasteiger partial charge in [0.1, 0.15) is 5.82 Å². The van der Waals surface area contributed by atoms with E-state index in [0.717, 1.165) is 11.7 Å². The van der Waals surface area contributed by atoms with Gasteiger partial charge in [-0.1, -0.05) is 19.8 Å². The normalized spacial score (nSPS) is 22.9. The summed E-state index contributed by atoms with van der Waals surface area (Å²) in [5.41, 5.74) is 0.384. The average molecular weight is 276 g/mol. The van der Waals surface area contributed by atoms with E-state index in [0.29, 0.717) is 11.7 Å². The largest absolute Gasteiger partial charge is 0.366 e. The Morgan fingerprint density at radius 2 is 2.00 bits per heavy atom. The zero-order valence-corrected chi connectivity index (χ0v) is 12.6. The van der Waals surface area contributed by atoms with Gasteiger partial charge < -0.3 is 10.2 Å². The van der Waals surface area contributed by atoms with E-state index in [-0.39, 0.29) is 5.91 Å². The van der Waals surface area contributed by atoms with E-state index in [1.165, 1.54) is 37.0 Å². The second-order valence-electron chi connectivity index (χ2n) is 5.96. The molecule has 1 fully saturated rings. The first-order valence-corrected chi connectivity index (χ1v) is 7.38. The lowest BCUT2D eigenvalue weighted by atomic mass is 10.0. The molecule has 1 aromatic rings. The summed E-state index contributed by atoms with van der Waals surface area (Å²) in [6.45, 7) is 2.32. The summed E-state index contributed by atoms with van der Waals surface area (Å²) in [7, 11) is 3.42. The molecule has 1 N–H and O–H groups in total. The molecule has 110 valence electrons. The first kappa shape index (κ1) is 14.8. The van der Waals surface area contributed by atoms with Crippen molar-refractivity contribution in [3.63, 3.8) is 0 Å². The summed E-state index contributed by atoms with van der Waals surface area (Å²) in [5, 5.41) is 11.6. The molecule has 2 rings (SSSR count). The fourth-order valence-corrected chi connectivity index (χ4v) is 2.59. The molecular formula is C15H24N4O. The fourth-order valence-electron chi connectivity index (χ4n) is 2.59. The molecule has 5 nitrogen and oxygen atoms in total. The molecule has 2 unspecified atom stereocenters. The van der Waals surface area contributed by atoms with Crippen molar-refractivity contribution >= 4 is 11.7 Å². The van der Waals surface area contributed by atoms with Crippen LogP contribution in [0.3, 0.4) is 0 Å². The molecule has 5 heteroatoms. The van der Waals surface area contributed by atoms with Gasteiger partial charge in [-0.25, -0.2) is 0 Å². The van der Waals surface area contributed by atoms with E-state index in [2.05, 4.69) is 22.4 Å². The number of hydrogen-bond donors (Lipinski definition) is 1. The third-order valence-electron chi connectivity index (χ3n) is 3.90. The first-order valence-electron chi connectivity index (χ1n) is 7.38. The van der Waals surface area contributed by atoms with Crippen LogP contribution in [-0.2, 0) is 0 Å². The zero-order valence-electron chi connectivity index (χ0n) is 12.6. The number of carbonyl (C=O) groups excluding carboxylic acids is 1. The minimum atomic E-state index is -0.118. The number of anilines is 1. The molecule has 2 atom stereocenters. The number of amides is 1. The van der Waals surface area contributed by atoms with Crippen LogP contribution in [0.2, 0.25) is 0 Å². The van der Waals surface area contributed by atoms with Gasteiger partial charge in [-0.2, -0.15) is 0 Å². The number of carbonyl (C=O) groups is 1. The van der Waals surface area contributed by atoms with Crippen molar-refractivity contribution in [2.75, 3.05) is 19.4 Å². The number of rotatable bonds is 3. The summed E-state index contributed by atoms with van der Waals surface area (Å²) in [6, 6.07) is 4.05. The van der Waals surface area contributed by atoms with Crippen LogP contribution in [0.4, 0.5) is 5.82 Å². The summed E-state index contributed by atoms with van der Waals surface area (Å²) in [5.74, 6) is 1.47. The number of hydrogen-bond acceptors (Lipinski definition) is 4. The quantitative estimate of drug-likeness (QED) is 0.862. The van der Waals surface area contributed by atoms with E-state index < -0.39 is 0 Å². The molecule has 0 spiro atoms. The maximum Gasteiger partial charge on any atom is 0.273 e. The average Bonchev–Trinajstić information content (AvgIpc) is 2.64. The summed E-state index contributed by atoms with van der Waals surface area (Å²) < 4.78 is 0. The molecule has 0 aliphatic heterocycles. The maximum atomic E-state index is 11.7. The van der Waals surface area contributed by atoms with Crippen LogP contribution >= 0.6 is 0 Å². The first-order chi connectivity index (χ1) is 9.56. The molecular weight excluding hydrogens is 252 g/mol. The predicted octanol–water partition coefficient (Wildman–Crippen LogP) is 2.56. The maximum absolute atomic E-state index is 11.7. The van der Waals surface area contributed by atoms with Crippen molar-refractivity contribution in [3.8, 4) is 0 Å². The Morgan fingerprint density at radius 3 is 2.65 bits per heavy atom. The Balaban J connectivity index is 1.95. The molecule has 0 bridgehead atoms. The van der Waals surface area contributed by atoms with Crippen molar-refractivity contribution in [2.45, 2.75) is 45.1 Å². The van der Waals surface area contributed by atoms with E-state index in [1.807, 2.05) is 6.07 Å². The van der Waals surface area contributed by atoms with Crippen molar-refractivity contribution < 1.29 is 4.79 Å². The van der Waals surface area contributed by atoms with Gasteiger partial charge >= 0.3 is 0 Å². The smallest absolute Gasteiger partial charge is 0.273 e. The number of nitrogens with one attached hydrogen (secondary N) is 1. The Morgan fingerprint density at radius 1 is 1.20 bits per heavy atom. The molecule has 1 heterocycles. The van der Waals surface area contributed by atoms with Crippen molar-refractivity contribution in [2.24, 2.45) is 5.92 Å². The molecule has 1 aliphatic rings. The minimum absolute atomic E-state index is 0.118.